The normalized spacial score (nSPS) is 10.6. The van der Waals surface area contributed by atoms with Crippen LogP contribution in [0.3, 0.4) is 0 Å². The van der Waals surface area contributed by atoms with Crippen molar-refractivity contribution in [3.05, 3.63) is 101 Å². The molecule has 0 saturated carbocycles. The molecule has 0 aliphatic heterocycles. The van der Waals surface area contributed by atoms with Gasteiger partial charge in [0.05, 0.1) is 16.9 Å². The van der Waals surface area contributed by atoms with E-state index in [1.165, 1.54) is 0 Å². The summed E-state index contributed by atoms with van der Waals surface area (Å²) in [4.78, 5) is 15.4. The van der Waals surface area contributed by atoms with Gasteiger partial charge in [-0.1, -0.05) is 60.7 Å². The van der Waals surface area contributed by atoms with E-state index < -0.39 is 0 Å². The van der Waals surface area contributed by atoms with E-state index in [4.69, 9.17) is 17.3 Å². The number of amides is 1. The molecule has 2 heterocycles. The molecule has 5 nitrogen and oxygen atoms in total. The number of nitrogens with zero attached hydrogens (tertiary/aromatic N) is 2. The molecular weight excluding hydrogens is 368 g/mol. The van der Waals surface area contributed by atoms with Crippen molar-refractivity contribution < 1.29 is 4.79 Å². The highest BCUT2D eigenvalue weighted by atomic mass is 32.1. The van der Waals surface area contributed by atoms with Gasteiger partial charge < -0.3 is 10.3 Å². The van der Waals surface area contributed by atoms with Crippen LogP contribution in [0.4, 0.5) is 0 Å². The van der Waals surface area contributed by atoms with Crippen molar-refractivity contribution in [2.24, 2.45) is 0 Å². The van der Waals surface area contributed by atoms with Gasteiger partial charge in [-0.25, -0.2) is 4.68 Å². The van der Waals surface area contributed by atoms with Crippen molar-refractivity contribution in [3.63, 3.8) is 0 Å². The van der Waals surface area contributed by atoms with E-state index in [-0.39, 0.29) is 5.91 Å². The Hall–Kier alpha value is -3.51. The van der Waals surface area contributed by atoms with Crippen molar-refractivity contribution in [1.82, 2.24) is 20.1 Å². The number of H-pyrrole nitrogens is 1. The molecule has 0 aliphatic carbocycles. The summed E-state index contributed by atoms with van der Waals surface area (Å²) in [6.45, 7) is 0.347. The first kappa shape index (κ1) is 17.9. The number of rotatable bonds is 5. The molecule has 4 rings (SSSR count). The average Bonchev–Trinajstić information content (AvgIpc) is 3.18. The Bertz CT molecular complexity index is 1150. The van der Waals surface area contributed by atoms with E-state index in [0.717, 1.165) is 22.5 Å². The minimum Gasteiger partial charge on any atom is -0.352 e. The topological polar surface area (TPSA) is 62.7 Å². The first-order valence-corrected chi connectivity index (χ1v) is 9.28. The quantitative estimate of drug-likeness (QED) is 0.496. The summed E-state index contributed by atoms with van der Waals surface area (Å²) in [6, 6.07) is 23.3. The van der Waals surface area contributed by atoms with E-state index in [9.17, 15) is 4.79 Å². The first-order chi connectivity index (χ1) is 13.7. The Morgan fingerprint density at radius 1 is 1.00 bits per heavy atom. The van der Waals surface area contributed by atoms with E-state index in [1.54, 1.807) is 18.3 Å². The van der Waals surface area contributed by atoms with Crippen molar-refractivity contribution in [3.8, 4) is 16.9 Å². The van der Waals surface area contributed by atoms with Gasteiger partial charge in [-0.3, -0.25) is 4.79 Å². The van der Waals surface area contributed by atoms with Gasteiger partial charge in [-0.15, -0.1) is 0 Å². The predicted molar refractivity (Wildman–Crippen MR) is 112 cm³/mol. The second kappa shape index (κ2) is 8.02. The summed E-state index contributed by atoms with van der Waals surface area (Å²) in [5.41, 5.74) is 4.17. The molecule has 0 radical (unpaired) electrons. The van der Waals surface area contributed by atoms with Crippen LogP contribution in [-0.4, -0.2) is 20.7 Å². The zero-order valence-electron chi connectivity index (χ0n) is 15.0. The van der Waals surface area contributed by atoms with Crippen LogP contribution >= 0.6 is 12.2 Å². The summed E-state index contributed by atoms with van der Waals surface area (Å²) in [5.74, 6) is -0.215. The molecular formula is C22H18N4OS. The van der Waals surface area contributed by atoms with Crippen molar-refractivity contribution in [2.45, 2.75) is 6.54 Å². The maximum absolute atomic E-state index is 12.5. The molecule has 0 bridgehead atoms. The highest BCUT2D eigenvalue weighted by Crippen LogP contribution is 2.23. The fraction of sp³-hybridized carbons (Fsp3) is 0.0455. The minimum absolute atomic E-state index is 0.215. The summed E-state index contributed by atoms with van der Waals surface area (Å²) >= 11 is 5.20. The van der Waals surface area contributed by atoms with Gasteiger partial charge in [0.1, 0.15) is 4.64 Å². The predicted octanol–water partition coefficient (Wildman–Crippen LogP) is 4.53. The van der Waals surface area contributed by atoms with Crippen LogP contribution in [0.25, 0.3) is 16.9 Å². The van der Waals surface area contributed by atoms with Crippen LogP contribution < -0.4 is 5.32 Å². The lowest BCUT2D eigenvalue weighted by Crippen LogP contribution is -2.23. The highest BCUT2D eigenvalue weighted by molar-refractivity contribution is 7.71. The van der Waals surface area contributed by atoms with E-state index >= 15 is 0 Å². The molecule has 138 valence electrons. The van der Waals surface area contributed by atoms with E-state index in [0.29, 0.717) is 16.7 Å². The Morgan fingerprint density at radius 3 is 2.43 bits per heavy atom. The fourth-order valence-corrected chi connectivity index (χ4v) is 3.19. The van der Waals surface area contributed by atoms with Gasteiger partial charge in [0.25, 0.3) is 5.91 Å². The Kier molecular flexibility index (Phi) is 5.12. The maximum atomic E-state index is 12.5. The molecule has 28 heavy (non-hydrogen) atoms. The van der Waals surface area contributed by atoms with Crippen LogP contribution in [0.1, 0.15) is 15.9 Å². The fourth-order valence-electron chi connectivity index (χ4n) is 2.96. The van der Waals surface area contributed by atoms with Gasteiger partial charge in [-0.2, -0.15) is 5.10 Å². The number of hydrogen-bond donors (Lipinski definition) is 2. The second-order valence-electron chi connectivity index (χ2n) is 6.24. The summed E-state index contributed by atoms with van der Waals surface area (Å²) in [7, 11) is 0. The second-order valence-corrected chi connectivity index (χ2v) is 6.65. The zero-order valence-corrected chi connectivity index (χ0v) is 15.8. The molecule has 0 spiro atoms. The number of carbonyl (C=O) groups is 1. The van der Waals surface area contributed by atoms with E-state index in [2.05, 4.69) is 10.3 Å². The average molecular weight is 386 g/mol. The molecule has 0 fully saturated rings. The Balaban J connectivity index is 1.65. The third-order valence-corrected chi connectivity index (χ3v) is 4.70. The van der Waals surface area contributed by atoms with Crippen LogP contribution in [0.2, 0.25) is 0 Å². The standard InChI is InChI=1S/C22H18N4OS/c27-21(19-12-7-13-23-22(19)28)24-14-17-15-26(18-10-5-2-6-11-18)25-20(17)16-8-3-1-4-9-16/h1-13,15H,14H2,(H,23,28)(H,24,27). The van der Waals surface area contributed by atoms with Crippen molar-refractivity contribution in [1.29, 1.82) is 0 Å². The van der Waals surface area contributed by atoms with Crippen LogP contribution in [0.15, 0.2) is 85.2 Å². The zero-order chi connectivity index (χ0) is 19.3. The third kappa shape index (κ3) is 3.77. The number of carbonyl (C=O) groups excluding carboxylic acids is 1. The van der Waals surface area contributed by atoms with Gasteiger partial charge in [0.15, 0.2) is 0 Å². The molecule has 4 aromatic rings. The molecule has 6 heteroatoms. The maximum Gasteiger partial charge on any atom is 0.254 e. The van der Waals surface area contributed by atoms with Gasteiger partial charge in [0.2, 0.25) is 0 Å². The van der Waals surface area contributed by atoms with Gasteiger partial charge in [0, 0.05) is 30.1 Å². The number of aromatic nitrogens is 3. The smallest absolute Gasteiger partial charge is 0.254 e. The largest absolute Gasteiger partial charge is 0.352 e. The van der Waals surface area contributed by atoms with Gasteiger partial charge in [-0.05, 0) is 24.3 Å². The molecule has 1 amide bonds. The number of benzene rings is 2. The summed E-state index contributed by atoms with van der Waals surface area (Å²) in [5, 5.41) is 7.71. The van der Waals surface area contributed by atoms with E-state index in [1.807, 2.05) is 71.5 Å². The number of pyridine rings is 1. The number of aromatic amines is 1. The van der Waals surface area contributed by atoms with Gasteiger partial charge >= 0.3 is 0 Å². The SMILES string of the molecule is O=C(NCc1cn(-c2ccccc2)nc1-c1ccccc1)c1ccc[nH]c1=S. The first-order valence-electron chi connectivity index (χ1n) is 8.87. The minimum atomic E-state index is -0.215. The molecule has 2 aromatic carbocycles. The third-order valence-electron chi connectivity index (χ3n) is 4.36. The summed E-state index contributed by atoms with van der Waals surface area (Å²) < 4.78 is 2.25. The molecule has 2 N–H and O–H groups in total. The molecule has 2 aromatic heterocycles. The Labute approximate surface area is 167 Å². The monoisotopic (exact) mass is 386 g/mol. The summed E-state index contributed by atoms with van der Waals surface area (Å²) in [6.07, 6.45) is 3.65. The lowest BCUT2D eigenvalue weighted by atomic mass is 10.1. The molecule has 0 unspecified atom stereocenters. The molecule has 0 aliphatic rings. The van der Waals surface area contributed by atoms with Crippen LogP contribution in [0, 0.1) is 4.64 Å². The molecule has 0 atom stereocenters. The van der Waals surface area contributed by atoms with Crippen molar-refractivity contribution >= 4 is 18.1 Å². The number of para-hydroxylation sites is 1. The highest BCUT2D eigenvalue weighted by Gasteiger charge is 2.14. The lowest BCUT2D eigenvalue weighted by molar-refractivity contribution is 0.0950. The number of hydrogen-bond acceptors (Lipinski definition) is 3. The van der Waals surface area contributed by atoms with Crippen molar-refractivity contribution in [2.75, 3.05) is 0 Å². The Morgan fingerprint density at radius 2 is 1.71 bits per heavy atom. The van der Waals surface area contributed by atoms with Crippen LogP contribution in [0.5, 0.6) is 0 Å². The lowest BCUT2D eigenvalue weighted by Gasteiger charge is -2.06. The molecule has 0 saturated heterocycles. The van der Waals surface area contributed by atoms with Crippen LogP contribution in [-0.2, 0) is 6.54 Å². The number of nitrogens with one attached hydrogen (secondary N) is 2.